The Morgan fingerprint density at radius 1 is 1.05 bits per heavy atom. The highest BCUT2D eigenvalue weighted by Crippen LogP contribution is 2.32. The molecule has 0 fully saturated rings. The van der Waals surface area contributed by atoms with Crippen molar-refractivity contribution >= 4 is 10.9 Å². The maximum Gasteiger partial charge on any atom is 0.189 e. The fraction of sp³-hybridized carbons (Fsp3) is 0.0625. The maximum atomic E-state index is 11.9. The molecular formula is C16H13NO2. The van der Waals surface area contributed by atoms with Crippen LogP contribution in [0.25, 0.3) is 22.0 Å². The minimum atomic E-state index is 0.00795. The molecule has 3 aromatic rings. The molecule has 0 unspecified atom stereocenters. The first-order valence-electron chi connectivity index (χ1n) is 6.04. The normalized spacial score (nSPS) is 10.6. The number of benzene rings is 2. The Bertz CT molecular complexity index is 776. The lowest BCUT2D eigenvalue weighted by molar-refractivity contribution is 0.417. The molecule has 19 heavy (non-hydrogen) atoms. The van der Waals surface area contributed by atoms with E-state index < -0.39 is 0 Å². The Morgan fingerprint density at radius 2 is 1.84 bits per heavy atom. The van der Waals surface area contributed by atoms with Crippen molar-refractivity contribution in [2.75, 3.05) is 7.11 Å². The van der Waals surface area contributed by atoms with Crippen LogP contribution in [0.3, 0.4) is 0 Å². The average molecular weight is 251 g/mol. The Morgan fingerprint density at radius 3 is 2.58 bits per heavy atom. The summed E-state index contributed by atoms with van der Waals surface area (Å²) in [6.07, 6.45) is 1.65. The van der Waals surface area contributed by atoms with E-state index in [1.165, 1.54) is 6.07 Å². The zero-order valence-corrected chi connectivity index (χ0v) is 10.5. The molecule has 94 valence electrons. The number of rotatable bonds is 2. The molecule has 3 heteroatoms. The third-order valence-corrected chi connectivity index (χ3v) is 3.16. The molecule has 3 rings (SSSR count). The summed E-state index contributed by atoms with van der Waals surface area (Å²) in [6, 6.07) is 15.2. The van der Waals surface area contributed by atoms with E-state index in [4.69, 9.17) is 4.74 Å². The summed E-state index contributed by atoms with van der Waals surface area (Å²) in [4.78, 5) is 15.0. The quantitative estimate of drug-likeness (QED) is 0.760. The molecule has 0 aliphatic heterocycles. The number of H-pyrrole nitrogens is 1. The van der Waals surface area contributed by atoms with Gasteiger partial charge in [-0.05, 0) is 11.6 Å². The van der Waals surface area contributed by atoms with Crippen molar-refractivity contribution in [1.82, 2.24) is 4.98 Å². The number of methoxy groups -OCH3 is 1. The van der Waals surface area contributed by atoms with Crippen molar-refractivity contribution in [3.05, 3.63) is 65.0 Å². The van der Waals surface area contributed by atoms with Crippen molar-refractivity contribution in [1.29, 1.82) is 0 Å². The van der Waals surface area contributed by atoms with Crippen LogP contribution in [0.15, 0.2) is 59.5 Å². The second-order valence-electron chi connectivity index (χ2n) is 4.31. The van der Waals surface area contributed by atoms with Gasteiger partial charge in [0.25, 0.3) is 0 Å². The Kier molecular flexibility index (Phi) is 2.80. The van der Waals surface area contributed by atoms with Gasteiger partial charge in [-0.2, -0.15) is 0 Å². The van der Waals surface area contributed by atoms with E-state index in [-0.39, 0.29) is 5.43 Å². The molecule has 1 N–H and O–H groups in total. The predicted molar refractivity (Wildman–Crippen MR) is 76.6 cm³/mol. The molecule has 0 amide bonds. The Balaban J connectivity index is 2.35. The number of pyridine rings is 1. The number of ether oxygens (including phenoxy) is 1. The Labute approximate surface area is 110 Å². The van der Waals surface area contributed by atoms with Crippen molar-refractivity contribution < 1.29 is 4.74 Å². The maximum absolute atomic E-state index is 11.9. The summed E-state index contributed by atoms with van der Waals surface area (Å²) in [5.41, 5.74) is 2.74. The first-order chi connectivity index (χ1) is 9.29. The highest BCUT2D eigenvalue weighted by Gasteiger charge is 2.09. The summed E-state index contributed by atoms with van der Waals surface area (Å²) < 4.78 is 5.43. The molecule has 0 saturated carbocycles. The van der Waals surface area contributed by atoms with E-state index in [2.05, 4.69) is 4.98 Å². The van der Waals surface area contributed by atoms with Crippen molar-refractivity contribution in [3.63, 3.8) is 0 Å². The third kappa shape index (κ3) is 1.99. The molecular weight excluding hydrogens is 238 g/mol. The molecule has 1 heterocycles. The van der Waals surface area contributed by atoms with Crippen LogP contribution in [-0.4, -0.2) is 12.1 Å². The lowest BCUT2D eigenvalue weighted by Gasteiger charge is -2.10. The van der Waals surface area contributed by atoms with Gasteiger partial charge in [-0.1, -0.05) is 30.3 Å². The molecule has 0 radical (unpaired) electrons. The molecule has 0 aliphatic carbocycles. The lowest BCUT2D eigenvalue weighted by atomic mass is 10.0. The molecule has 2 aromatic carbocycles. The first kappa shape index (κ1) is 11.5. The number of aromatic nitrogens is 1. The van der Waals surface area contributed by atoms with Gasteiger partial charge < -0.3 is 9.72 Å². The first-order valence-corrected chi connectivity index (χ1v) is 6.04. The monoisotopic (exact) mass is 251 g/mol. The average Bonchev–Trinajstić information content (AvgIpc) is 2.47. The van der Waals surface area contributed by atoms with E-state index in [0.717, 1.165) is 22.4 Å². The van der Waals surface area contributed by atoms with Gasteiger partial charge in [-0.15, -0.1) is 0 Å². The van der Waals surface area contributed by atoms with Gasteiger partial charge in [0, 0.05) is 29.3 Å². The lowest BCUT2D eigenvalue weighted by Crippen LogP contribution is -2.01. The molecule has 0 atom stereocenters. The topological polar surface area (TPSA) is 42.1 Å². The van der Waals surface area contributed by atoms with Gasteiger partial charge in [-0.25, -0.2) is 0 Å². The van der Waals surface area contributed by atoms with Gasteiger partial charge in [-0.3, -0.25) is 4.79 Å². The largest absolute Gasteiger partial charge is 0.496 e. The van der Waals surface area contributed by atoms with E-state index in [1.807, 2.05) is 42.5 Å². The van der Waals surface area contributed by atoms with Gasteiger partial charge in [0.1, 0.15) is 5.75 Å². The zero-order valence-electron chi connectivity index (χ0n) is 10.5. The van der Waals surface area contributed by atoms with Gasteiger partial charge >= 0.3 is 0 Å². The minimum absolute atomic E-state index is 0.00795. The van der Waals surface area contributed by atoms with Crippen molar-refractivity contribution in [2.45, 2.75) is 0 Å². The summed E-state index contributed by atoms with van der Waals surface area (Å²) in [5.74, 6) is 0.751. The molecule has 1 aromatic heterocycles. The number of nitrogens with one attached hydrogen (secondary N) is 1. The second-order valence-corrected chi connectivity index (χ2v) is 4.31. The number of aromatic amines is 1. The number of hydrogen-bond donors (Lipinski definition) is 1. The zero-order chi connectivity index (χ0) is 13.2. The van der Waals surface area contributed by atoms with E-state index in [9.17, 15) is 4.79 Å². The molecule has 0 saturated heterocycles. The summed E-state index contributed by atoms with van der Waals surface area (Å²) in [7, 11) is 1.63. The van der Waals surface area contributed by atoms with Crippen LogP contribution in [0, 0.1) is 0 Å². The van der Waals surface area contributed by atoms with E-state index in [1.54, 1.807) is 13.3 Å². The SMILES string of the molecule is COc1cc2[nH]ccc(=O)c2cc1-c1ccccc1. The number of fused-ring (bicyclic) bond motifs is 1. The van der Waals surface area contributed by atoms with Crippen LogP contribution >= 0.6 is 0 Å². The second kappa shape index (κ2) is 4.61. The summed E-state index contributed by atoms with van der Waals surface area (Å²) in [5, 5.41) is 0.669. The van der Waals surface area contributed by atoms with Crippen LogP contribution in [0.1, 0.15) is 0 Å². The van der Waals surface area contributed by atoms with Crippen molar-refractivity contribution in [3.8, 4) is 16.9 Å². The highest BCUT2D eigenvalue weighted by molar-refractivity contribution is 5.88. The van der Waals surface area contributed by atoms with Crippen LogP contribution in [0.4, 0.5) is 0 Å². The highest BCUT2D eigenvalue weighted by atomic mass is 16.5. The fourth-order valence-electron chi connectivity index (χ4n) is 2.21. The van der Waals surface area contributed by atoms with Gasteiger partial charge in [0.2, 0.25) is 0 Å². The molecule has 0 bridgehead atoms. The van der Waals surface area contributed by atoms with Gasteiger partial charge in [0.15, 0.2) is 5.43 Å². The molecule has 0 spiro atoms. The van der Waals surface area contributed by atoms with Gasteiger partial charge in [0.05, 0.1) is 12.6 Å². The molecule has 3 nitrogen and oxygen atoms in total. The smallest absolute Gasteiger partial charge is 0.189 e. The van der Waals surface area contributed by atoms with Crippen LogP contribution in [0.5, 0.6) is 5.75 Å². The fourth-order valence-corrected chi connectivity index (χ4v) is 2.21. The van der Waals surface area contributed by atoms with Crippen LogP contribution in [0.2, 0.25) is 0 Å². The molecule has 0 aliphatic rings. The minimum Gasteiger partial charge on any atom is -0.496 e. The standard InChI is InChI=1S/C16H13NO2/c1-19-16-10-14-13(15(18)7-8-17-14)9-12(16)11-5-3-2-4-6-11/h2-10H,1H3,(H,17,18). The third-order valence-electron chi connectivity index (χ3n) is 3.16. The summed E-state index contributed by atoms with van der Waals surface area (Å²) >= 11 is 0. The number of hydrogen-bond acceptors (Lipinski definition) is 2. The van der Waals surface area contributed by atoms with Crippen molar-refractivity contribution in [2.24, 2.45) is 0 Å². The van der Waals surface area contributed by atoms with Crippen LogP contribution in [-0.2, 0) is 0 Å². The Hall–Kier alpha value is -2.55. The van der Waals surface area contributed by atoms with Crippen LogP contribution < -0.4 is 10.2 Å². The summed E-state index contributed by atoms with van der Waals surface area (Å²) in [6.45, 7) is 0. The predicted octanol–water partition coefficient (Wildman–Crippen LogP) is 3.20. The van der Waals surface area contributed by atoms with E-state index in [0.29, 0.717) is 5.39 Å². The van der Waals surface area contributed by atoms with E-state index >= 15 is 0 Å².